The average Bonchev–Trinajstić information content (AvgIpc) is 2.29. The fraction of sp³-hybridized carbons (Fsp3) is 0.636. The van der Waals surface area contributed by atoms with Crippen LogP contribution in [-0.2, 0) is 0 Å². The van der Waals surface area contributed by atoms with Gasteiger partial charge in [-0.25, -0.2) is 4.98 Å². The normalized spacial score (nSPS) is 12.2. The highest BCUT2D eigenvalue weighted by molar-refractivity contribution is 5.40. The maximum Gasteiger partial charge on any atom is 0.226 e. The van der Waals surface area contributed by atoms with Crippen LogP contribution in [0.25, 0.3) is 0 Å². The topological polar surface area (TPSA) is 61.3 Å². The lowest BCUT2D eigenvalue weighted by Gasteiger charge is -2.17. The molecule has 1 rings (SSSR count). The van der Waals surface area contributed by atoms with E-state index in [2.05, 4.69) is 22.2 Å². The van der Waals surface area contributed by atoms with Crippen molar-refractivity contribution in [2.24, 2.45) is 0 Å². The summed E-state index contributed by atoms with van der Waals surface area (Å²) < 4.78 is 0. The van der Waals surface area contributed by atoms with Gasteiger partial charge >= 0.3 is 0 Å². The highest BCUT2D eigenvalue weighted by atomic mass is 16.3. The van der Waals surface area contributed by atoms with Crippen molar-refractivity contribution in [3.63, 3.8) is 0 Å². The molecule has 0 saturated carbocycles. The Morgan fingerprint density at radius 2 is 2.25 bits per heavy atom. The lowest BCUT2D eigenvalue weighted by Crippen LogP contribution is -2.21. The van der Waals surface area contributed by atoms with E-state index in [1.165, 1.54) is 0 Å². The van der Waals surface area contributed by atoms with Gasteiger partial charge in [-0.1, -0.05) is 6.92 Å². The molecule has 0 saturated heterocycles. The summed E-state index contributed by atoms with van der Waals surface area (Å²) in [5.41, 5.74) is 0. The summed E-state index contributed by atoms with van der Waals surface area (Å²) in [4.78, 5) is 10.4. The first-order chi connectivity index (χ1) is 7.67. The number of nitrogens with one attached hydrogen (secondary N) is 1. The van der Waals surface area contributed by atoms with Gasteiger partial charge in [-0.15, -0.1) is 0 Å². The molecule has 0 spiro atoms. The van der Waals surface area contributed by atoms with E-state index in [0.717, 1.165) is 18.7 Å². The van der Waals surface area contributed by atoms with Gasteiger partial charge in [0.05, 0.1) is 0 Å². The number of aliphatic hydroxyl groups is 1. The Balaban J connectivity index is 2.68. The van der Waals surface area contributed by atoms with Crippen molar-refractivity contribution in [1.82, 2.24) is 9.97 Å². The van der Waals surface area contributed by atoms with Gasteiger partial charge in [0, 0.05) is 32.9 Å². The molecule has 0 radical (unpaired) electrons. The molecular formula is C11H20N4O. The van der Waals surface area contributed by atoms with Gasteiger partial charge < -0.3 is 15.3 Å². The summed E-state index contributed by atoms with van der Waals surface area (Å²) in [5.74, 6) is 1.49. The Kier molecular flexibility index (Phi) is 4.98. The van der Waals surface area contributed by atoms with Gasteiger partial charge in [0.2, 0.25) is 5.95 Å². The molecular weight excluding hydrogens is 204 g/mol. The predicted molar refractivity (Wildman–Crippen MR) is 65.8 cm³/mol. The van der Waals surface area contributed by atoms with Gasteiger partial charge in [-0.2, -0.15) is 4.98 Å². The highest BCUT2D eigenvalue weighted by Crippen LogP contribution is 2.11. The third-order valence-electron chi connectivity index (χ3n) is 2.37. The van der Waals surface area contributed by atoms with Crippen molar-refractivity contribution in [1.29, 1.82) is 0 Å². The van der Waals surface area contributed by atoms with Gasteiger partial charge in [0.25, 0.3) is 0 Å². The third-order valence-corrected chi connectivity index (χ3v) is 2.37. The smallest absolute Gasteiger partial charge is 0.226 e. The highest BCUT2D eigenvalue weighted by Gasteiger charge is 2.07. The molecule has 1 aromatic rings. The van der Waals surface area contributed by atoms with Crippen LogP contribution in [-0.4, -0.2) is 41.8 Å². The minimum atomic E-state index is 0.192. The summed E-state index contributed by atoms with van der Waals surface area (Å²) in [6.45, 7) is 2.28. The fourth-order valence-electron chi connectivity index (χ4n) is 1.39. The molecule has 90 valence electrons. The molecule has 0 aromatic carbocycles. The molecule has 2 N–H and O–H groups in total. The third kappa shape index (κ3) is 3.66. The van der Waals surface area contributed by atoms with E-state index < -0.39 is 0 Å². The van der Waals surface area contributed by atoms with Crippen molar-refractivity contribution in [2.45, 2.75) is 25.8 Å². The SMILES string of the molecule is CCC(CCO)Nc1ccnc(N(C)C)n1. The first-order valence-electron chi connectivity index (χ1n) is 5.55. The van der Waals surface area contributed by atoms with E-state index >= 15 is 0 Å². The lowest BCUT2D eigenvalue weighted by atomic mass is 10.1. The van der Waals surface area contributed by atoms with Crippen LogP contribution >= 0.6 is 0 Å². The molecule has 1 aromatic heterocycles. The van der Waals surface area contributed by atoms with Crippen LogP contribution in [0, 0.1) is 0 Å². The molecule has 16 heavy (non-hydrogen) atoms. The maximum atomic E-state index is 8.91. The van der Waals surface area contributed by atoms with Crippen molar-refractivity contribution in [3.8, 4) is 0 Å². The number of anilines is 2. The predicted octanol–water partition coefficient (Wildman–Crippen LogP) is 1.12. The summed E-state index contributed by atoms with van der Waals surface area (Å²) >= 11 is 0. The molecule has 1 unspecified atom stereocenters. The molecule has 1 heterocycles. The van der Waals surface area contributed by atoms with Crippen LogP contribution in [0.15, 0.2) is 12.3 Å². The van der Waals surface area contributed by atoms with Crippen molar-refractivity contribution >= 4 is 11.8 Å². The molecule has 0 aliphatic rings. The van der Waals surface area contributed by atoms with E-state index in [0.29, 0.717) is 5.95 Å². The molecule has 0 fully saturated rings. The van der Waals surface area contributed by atoms with E-state index in [9.17, 15) is 0 Å². The first kappa shape index (κ1) is 12.7. The summed E-state index contributed by atoms with van der Waals surface area (Å²) in [5, 5.41) is 12.2. The molecule has 5 heteroatoms. The van der Waals surface area contributed by atoms with Crippen LogP contribution in [0.4, 0.5) is 11.8 Å². The van der Waals surface area contributed by atoms with E-state index in [1.54, 1.807) is 6.20 Å². The fourth-order valence-corrected chi connectivity index (χ4v) is 1.39. The number of hydrogen-bond donors (Lipinski definition) is 2. The largest absolute Gasteiger partial charge is 0.396 e. The second kappa shape index (κ2) is 6.27. The van der Waals surface area contributed by atoms with Crippen molar-refractivity contribution in [2.75, 3.05) is 30.9 Å². The molecule has 0 amide bonds. The molecule has 5 nitrogen and oxygen atoms in total. The zero-order chi connectivity index (χ0) is 12.0. The van der Waals surface area contributed by atoms with Gasteiger partial charge in [0.1, 0.15) is 5.82 Å². The Morgan fingerprint density at radius 1 is 1.50 bits per heavy atom. The van der Waals surface area contributed by atoms with E-state index in [1.807, 2.05) is 25.1 Å². The van der Waals surface area contributed by atoms with Crippen LogP contribution in [0.5, 0.6) is 0 Å². The monoisotopic (exact) mass is 224 g/mol. The second-order valence-electron chi connectivity index (χ2n) is 3.90. The summed E-state index contributed by atoms with van der Waals surface area (Å²) in [7, 11) is 3.81. The maximum absolute atomic E-state index is 8.91. The number of rotatable bonds is 6. The summed E-state index contributed by atoms with van der Waals surface area (Å²) in [6, 6.07) is 2.10. The van der Waals surface area contributed by atoms with Crippen molar-refractivity contribution in [3.05, 3.63) is 12.3 Å². The zero-order valence-corrected chi connectivity index (χ0v) is 10.1. The molecule has 0 aliphatic heterocycles. The van der Waals surface area contributed by atoms with Crippen molar-refractivity contribution < 1.29 is 5.11 Å². The number of hydrogen-bond acceptors (Lipinski definition) is 5. The standard InChI is InChI=1S/C11H20N4O/c1-4-9(6-8-16)13-10-5-7-12-11(14-10)15(2)3/h5,7,9,16H,4,6,8H2,1-3H3,(H,12,13,14). The van der Waals surface area contributed by atoms with Crippen LogP contribution in [0.1, 0.15) is 19.8 Å². The first-order valence-corrected chi connectivity index (χ1v) is 5.55. The second-order valence-corrected chi connectivity index (χ2v) is 3.90. The number of aliphatic hydroxyl groups excluding tert-OH is 1. The van der Waals surface area contributed by atoms with E-state index in [4.69, 9.17) is 5.11 Å². The van der Waals surface area contributed by atoms with Gasteiger partial charge in [-0.05, 0) is 18.9 Å². The Bertz CT molecular complexity index is 317. The van der Waals surface area contributed by atoms with Gasteiger partial charge in [-0.3, -0.25) is 0 Å². The lowest BCUT2D eigenvalue weighted by molar-refractivity contribution is 0.278. The Hall–Kier alpha value is -1.36. The average molecular weight is 224 g/mol. The summed E-state index contributed by atoms with van der Waals surface area (Å²) in [6.07, 6.45) is 3.43. The van der Waals surface area contributed by atoms with Crippen LogP contribution in [0.3, 0.4) is 0 Å². The minimum Gasteiger partial charge on any atom is -0.396 e. The Morgan fingerprint density at radius 3 is 2.81 bits per heavy atom. The van der Waals surface area contributed by atoms with Crippen LogP contribution in [0.2, 0.25) is 0 Å². The number of aromatic nitrogens is 2. The molecule has 0 bridgehead atoms. The van der Waals surface area contributed by atoms with Crippen LogP contribution < -0.4 is 10.2 Å². The van der Waals surface area contributed by atoms with E-state index in [-0.39, 0.29) is 12.6 Å². The minimum absolute atomic E-state index is 0.192. The molecule has 0 aliphatic carbocycles. The number of nitrogens with zero attached hydrogens (tertiary/aromatic N) is 3. The molecule has 1 atom stereocenters. The Labute approximate surface area is 96.5 Å². The quantitative estimate of drug-likeness (QED) is 0.758. The van der Waals surface area contributed by atoms with Gasteiger partial charge in [0.15, 0.2) is 0 Å². The zero-order valence-electron chi connectivity index (χ0n) is 10.1.